The summed E-state index contributed by atoms with van der Waals surface area (Å²) in [6, 6.07) is 3.04. The number of rotatable bonds is 5. The Bertz CT molecular complexity index is 262. The van der Waals surface area contributed by atoms with Gasteiger partial charge in [0, 0.05) is 0 Å². The Labute approximate surface area is 95.5 Å². The summed E-state index contributed by atoms with van der Waals surface area (Å²) in [5.41, 5.74) is -2.67. The minimum absolute atomic E-state index is 0.591. The Morgan fingerprint density at radius 2 is 1.50 bits per heavy atom. The van der Waals surface area contributed by atoms with Crippen LogP contribution in [0.25, 0.3) is 0 Å². The summed E-state index contributed by atoms with van der Waals surface area (Å²) in [6.07, 6.45) is -4.64. The lowest BCUT2D eigenvalue weighted by atomic mass is 10.1. The fourth-order valence-electron chi connectivity index (χ4n) is 1.54. The molecule has 0 aliphatic rings. The highest BCUT2D eigenvalue weighted by Gasteiger charge is 2.56. The van der Waals surface area contributed by atoms with E-state index >= 15 is 0 Å². The molecule has 0 heterocycles. The molecule has 0 aliphatic heterocycles. The number of nitriles is 1. The van der Waals surface area contributed by atoms with Crippen molar-refractivity contribution in [1.29, 1.82) is 5.26 Å². The highest BCUT2D eigenvalue weighted by atomic mass is 28.4. The predicted molar refractivity (Wildman–Crippen MR) is 58.4 cm³/mol. The van der Waals surface area contributed by atoms with Crippen LogP contribution in [0.1, 0.15) is 27.7 Å². The maximum atomic E-state index is 12.7. The molecule has 0 radical (unpaired) electrons. The molecule has 0 aromatic carbocycles. The van der Waals surface area contributed by atoms with Gasteiger partial charge in [-0.3, -0.25) is 0 Å². The SMILES string of the molecule is CC[Si](CC)(CC)OC(C)(C#N)C(F)(F)F. The lowest BCUT2D eigenvalue weighted by Gasteiger charge is -2.37. The van der Waals surface area contributed by atoms with Crippen LogP contribution in [0, 0.1) is 11.3 Å². The van der Waals surface area contributed by atoms with Gasteiger partial charge in [0.25, 0.3) is 0 Å². The number of halogens is 3. The van der Waals surface area contributed by atoms with E-state index in [9.17, 15) is 13.2 Å². The second-order valence-corrected chi connectivity index (χ2v) is 8.68. The lowest BCUT2D eigenvalue weighted by Crippen LogP contribution is -2.52. The van der Waals surface area contributed by atoms with Crippen LogP contribution < -0.4 is 0 Å². The van der Waals surface area contributed by atoms with E-state index in [0.717, 1.165) is 6.92 Å². The van der Waals surface area contributed by atoms with Gasteiger partial charge < -0.3 is 4.43 Å². The lowest BCUT2D eigenvalue weighted by molar-refractivity contribution is -0.222. The van der Waals surface area contributed by atoms with Gasteiger partial charge in [-0.1, -0.05) is 20.8 Å². The summed E-state index contributed by atoms with van der Waals surface area (Å²) in [6.45, 7) is 6.30. The largest absolute Gasteiger partial charge is 0.429 e. The van der Waals surface area contributed by atoms with Crippen molar-refractivity contribution in [3.8, 4) is 6.07 Å². The Morgan fingerprint density at radius 1 is 1.12 bits per heavy atom. The van der Waals surface area contributed by atoms with Crippen molar-refractivity contribution in [2.24, 2.45) is 0 Å². The highest BCUT2D eigenvalue weighted by Crippen LogP contribution is 2.38. The molecule has 0 bridgehead atoms. The third-order valence-electron chi connectivity index (χ3n) is 3.11. The molecule has 0 amide bonds. The van der Waals surface area contributed by atoms with E-state index in [2.05, 4.69) is 0 Å². The summed E-state index contributed by atoms with van der Waals surface area (Å²) in [5.74, 6) is 0. The average molecular weight is 253 g/mol. The first-order chi connectivity index (χ1) is 7.20. The van der Waals surface area contributed by atoms with E-state index in [1.807, 2.05) is 20.8 Å². The van der Waals surface area contributed by atoms with Crippen molar-refractivity contribution in [3.05, 3.63) is 0 Å². The molecule has 0 rings (SSSR count). The van der Waals surface area contributed by atoms with Crippen molar-refractivity contribution in [2.75, 3.05) is 0 Å². The molecule has 2 nitrogen and oxygen atoms in total. The third kappa shape index (κ3) is 2.98. The second-order valence-electron chi connectivity index (χ2n) is 3.99. The van der Waals surface area contributed by atoms with Gasteiger partial charge in [0.15, 0.2) is 8.32 Å². The molecule has 0 spiro atoms. The van der Waals surface area contributed by atoms with Crippen molar-refractivity contribution in [3.63, 3.8) is 0 Å². The first-order valence-corrected chi connectivity index (χ1v) is 7.91. The van der Waals surface area contributed by atoms with E-state index in [1.54, 1.807) is 0 Å². The summed E-state index contributed by atoms with van der Waals surface area (Å²) < 4.78 is 43.4. The molecule has 0 fully saturated rings. The quantitative estimate of drug-likeness (QED) is 0.697. The van der Waals surface area contributed by atoms with E-state index in [1.165, 1.54) is 6.07 Å². The van der Waals surface area contributed by atoms with Crippen molar-refractivity contribution in [2.45, 2.75) is 57.6 Å². The number of alkyl halides is 3. The molecule has 0 saturated carbocycles. The van der Waals surface area contributed by atoms with Gasteiger partial charge in [-0.2, -0.15) is 18.4 Å². The Morgan fingerprint density at radius 3 is 1.69 bits per heavy atom. The Kier molecular flexibility index (Phi) is 5.01. The van der Waals surface area contributed by atoms with E-state index in [-0.39, 0.29) is 0 Å². The Balaban J connectivity index is 5.12. The maximum absolute atomic E-state index is 12.7. The van der Waals surface area contributed by atoms with Gasteiger partial charge in [-0.15, -0.1) is 0 Å². The molecule has 0 N–H and O–H groups in total. The minimum atomic E-state index is -4.64. The predicted octanol–water partition coefficient (Wildman–Crippen LogP) is 3.85. The summed E-state index contributed by atoms with van der Waals surface area (Å²) >= 11 is 0. The summed E-state index contributed by atoms with van der Waals surface area (Å²) in [5, 5.41) is 8.70. The zero-order valence-electron chi connectivity index (χ0n) is 10.1. The van der Waals surface area contributed by atoms with E-state index in [4.69, 9.17) is 9.69 Å². The Hall–Kier alpha value is -0.543. The molecule has 1 unspecified atom stereocenters. The van der Waals surface area contributed by atoms with E-state index < -0.39 is 20.1 Å². The van der Waals surface area contributed by atoms with Crippen molar-refractivity contribution < 1.29 is 17.6 Å². The summed E-state index contributed by atoms with van der Waals surface area (Å²) in [7, 11) is -2.43. The van der Waals surface area contributed by atoms with Crippen LogP contribution in [-0.4, -0.2) is 20.1 Å². The average Bonchev–Trinajstić information content (AvgIpc) is 2.24. The second kappa shape index (κ2) is 5.19. The normalized spacial score (nSPS) is 16.6. The molecular formula is C10H18F3NOSi. The van der Waals surface area contributed by atoms with Gasteiger partial charge in [-0.05, 0) is 25.1 Å². The zero-order chi connectivity index (χ0) is 13.0. The van der Waals surface area contributed by atoms with Crippen LogP contribution in [0.4, 0.5) is 13.2 Å². The molecule has 0 aromatic rings. The molecule has 0 aromatic heterocycles. The molecular weight excluding hydrogens is 235 g/mol. The number of hydrogen-bond donors (Lipinski definition) is 0. The topological polar surface area (TPSA) is 33.0 Å². The number of hydrogen-bond acceptors (Lipinski definition) is 2. The van der Waals surface area contributed by atoms with E-state index in [0.29, 0.717) is 18.1 Å². The van der Waals surface area contributed by atoms with Crippen LogP contribution >= 0.6 is 0 Å². The van der Waals surface area contributed by atoms with Gasteiger partial charge in [0.2, 0.25) is 5.60 Å². The summed E-state index contributed by atoms with van der Waals surface area (Å²) in [4.78, 5) is 0. The van der Waals surface area contributed by atoms with Crippen molar-refractivity contribution in [1.82, 2.24) is 0 Å². The van der Waals surface area contributed by atoms with Gasteiger partial charge in [0.05, 0.1) is 0 Å². The highest BCUT2D eigenvalue weighted by molar-refractivity contribution is 6.73. The van der Waals surface area contributed by atoms with Crippen LogP contribution in [0.5, 0.6) is 0 Å². The molecule has 0 saturated heterocycles. The standard InChI is InChI=1S/C10H18F3NOSi/c1-5-16(6-2,7-3)15-9(4,8-14)10(11,12)13/h5-7H2,1-4H3. The monoisotopic (exact) mass is 253 g/mol. The molecule has 94 valence electrons. The van der Waals surface area contributed by atoms with Gasteiger partial charge >= 0.3 is 6.18 Å². The number of nitrogens with zero attached hydrogens (tertiary/aromatic N) is 1. The van der Waals surface area contributed by atoms with Crippen molar-refractivity contribution >= 4 is 8.32 Å². The first-order valence-electron chi connectivity index (χ1n) is 5.38. The maximum Gasteiger partial charge on any atom is 0.429 e. The van der Waals surface area contributed by atoms with Crippen LogP contribution in [0.2, 0.25) is 18.1 Å². The van der Waals surface area contributed by atoms with Gasteiger partial charge in [0.1, 0.15) is 6.07 Å². The first kappa shape index (κ1) is 15.5. The fourth-order valence-corrected chi connectivity index (χ4v) is 4.50. The molecule has 16 heavy (non-hydrogen) atoms. The smallest absolute Gasteiger partial charge is 0.393 e. The third-order valence-corrected chi connectivity index (χ3v) is 7.82. The van der Waals surface area contributed by atoms with Crippen LogP contribution in [0.3, 0.4) is 0 Å². The minimum Gasteiger partial charge on any atom is -0.393 e. The van der Waals surface area contributed by atoms with Gasteiger partial charge in [-0.25, -0.2) is 0 Å². The molecule has 0 aliphatic carbocycles. The molecule has 6 heteroatoms. The van der Waals surface area contributed by atoms with Crippen LogP contribution in [0.15, 0.2) is 0 Å². The van der Waals surface area contributed by atoms with Crippen LogP contribution in [-0.2, 0) is 4.43 Å². The molecule has 1 atom stereocenters. The fraction of sp³-hybridized carbons (Fsp3) is 0.900. The zero-order valence-corrected chi connectivity index (χ0v) is 11.1.